The Balaban J connectivity index is 1.35. The number of nitrogens with zero attached hydrogens (tertiary/aromatic N) is 3. The lowest BCUT2D eigenvalue weighted by atomic mass is 10.1. The fourth-order valence-corrected chi connectivity index (χ4v) is 3.72. The Labute approximate surface area is 206 Å². The number of halogens is 4. The van der Waals surface area contributed by atoms with Crippen molar-refractivity contribution in [1.29, 1.82) is 0 Å². The third kappa shape index (κ3) is 5.25. The number of alkyl halides is 3. The van der Waals surface area contributed by atoms with Crippen molar-refractivity contribution in [2.45, 2.75) is 12.6 Å². The number of aromatic nitrogens is 4. The van der Waals surface area contributed by atoms with Crippen LogP contribution in [0.1, 0.15) is 11.1 Å². The summed E-state index contributed by atoms with van der Waals surface area (Å²) in [6.07, 6.45) is -1.77. The summed E-state index contributed by atoms with van der Waals surface area (Å²) >= 11 is 0. The maximum atomic E-state index is 15.0. The van der Waals surface area contributed by atoms with E-state index in [1.807, 2.05) is 0 Å². The topological polar surface area (TPSA) is 101 Å². The highest BCUT2D eigenvalue weighted by Crippen LogP contribution is 2.33. The Kier molecular flexibility index (Phi) is 6.04. The van der Waals surface area contributed by atoms with Gasteiger partial charge in [0.25, 0.3) is 0 Å². The Morgan fingerprint density at radius 3 is 2.46 bits per heavy atom. The van der Waals surface area contributed by atoms with Gasteiger partial charge in [0.2, 0.25) is 0 Å². The van der Waals surface area contributed by atoms with Crippen molar-refractivity contribution in [3.63, 3.8) is 0 Å². The van der Waals surface area contributed by atoms with Crippen molar-refractivity contribution in [3.8, 4) is 34.3 Å². The van der Waals surface area contributed by atoms with Gasteiger partial charge in [0.05, 0.1) is 28.6 Å². The molecule has 0 aliphatic carbocycles. The third-order valence-electron chi connectivity index (χ3n) is 5.46. The molecule has 2 aromatic heterocycles. The Bertz CT molecular complexity index is 1620. The SMILES string of the molecule is O=C(O)Cc1cccc(Oc2ncc(-c3ccc(-c4nc5ccc(C(F)(F)F)cc5[nH]4)c(F)c3)cn2)c1. The number of benzene rings is 3. The number of nitrogens with one attached hydrogen (secondary N) is 1. The number of carboxylic acids is 1. The van der Waals surface area contributed by atoms with E-state index in [2.05, 4.69) is 19.9 Å². The number of aliphatic carboxylic acids is 1. The molecule has 7 nitrogen and oxygen atoms in total. The van der Waals surface area contributed by atoms with Crippen LogP contribution in [0, 0.1) is 5.82 Å². The summed E-state index contributed by atoms with van der Waals surface area (Å²) in [5.41, 5.74) is 1.21. The molecule has 5 rings (SSSR count). The molecule has 2 heterocycles. The summed E-state index contributed by atoms with van der Waals surface area (Å²) in [4.78, 5) is 26.1. The van der Waals surface area contributed by atoms with E-state index in [0.29, 0.717) is 22.4 Å². The van der Waals surface area contributed by atoms with E-state index in [1.54, 1.807) is 30.3 Å². The number of carbonyl (C=O) groups is 1. The molecule has 0 spiro atoms. The van der Waals surface area contributed by atoms with Gasteiger partial charge in [-0.25, -0.2) is 19.3 Å². The van der Waals surface area contributed by atoms with E-state index < -0.39 is 23.5 Å². The maximum Gasteiger partial charge on any atom is 0.416 e. The highest BCUT2D eigenvalue weighted by molar-refractivity contribution is 5.81. The van der Waals surface area contributed by atoms with Crippen molar-refractivity contribution < 1.29 is 32.2 Å². The first-order valence-electron chi connectivity index (χ1n) is 10.8. The molecule has 2 N–H and O–H groups in total. The molecule has 37 heavy (non-hydrogen) atoms. The zero-order valence-electron chi connectivity index (χ0n) is 18.8. The van der Waals surface area contributed by atoms with Gasteiger partial charge in [-0.05, 0) is 53.6 Å². The quantitative estimate of drug-likeness (QED) is 0.263. The Morgan fingerprint density at radius 1 is 0.973 bits per heavy atom. The minimum atomic E-state index is -4.50. The minimum absolute atomic E-state index is 0.0221. The molecular weight excluding hydrogens is 492 g/mol. The molecule has 0 atom stereocenters. The number of hydrogen-bond donors (Lipinski definition) is 2. The van der Waals surface area contributed by atoms with Crippen molar-refractivity contribution in [3.05, 3.63) is 90.0 Å². The maximum absolute atomic E-state index is 15.0. The fourth-order valence-electron chi connectivity index (χ4n) is 3.72. The summed E-state index contributed by atoms with van der Waals surface area (Å²) in [5, 5.41) is 8.92. The average Bonchev–Trinajstić information content (AvgIpc) is 3.27. The highest BCUT2D eigenvalue weighted by Gasteiger charge is 2.30. The van der Waals surface area contributed by atoms with Crippen LogP contribution in [0.3, 0.4) is 0 Å². The second-order valence-corrected chi connectivity index (χ2v) is 8.08. The van der Waals surface area contributed by atoms with Gasteiger partial charge in [-0.2, -0.15) is 13.2 Å². The number of hydrogen-bond acceptors (Lipinski definition) is 5. The lowest BCUT2D eigenvalue weighted by molar-refractivity contribution is -0.138. The molecule has 186 valence electrons. The van der Waals surface area contributed by atoms with Gasteiger partial charge in [0, 0.05) is 18.0 Å². The number of fused-ring (bicyclic) bond motifs is 1. The lowest BCUT2D eigenvalue weighted by Gasteiger charge is -2.07. The summed E-state index contributed by atoms with van der Waals surface area (Å²) < 4.78 is 59.5. The first-order chi connectivity index (χ1) is 17.7. The number of aromatic amines is 1. The summed E-state index contributed by atoms with van der Waals surface area (Å²) in [7, 11) is 0. The molecule has 11 heteroatoms. The predicted molar refractivity (Wildman–Crippen MR) is 125 cm³/mol. The smallest absolute Gasteiger partial charge is 0.416 e. The fraction of sp³-hybridized carbons (Fsp3) is 0.0769. The molecule has 0 aliphatic rings. The standard InChI is InChI=1S/C26H16F4N4O3/c27-20-10-15(4-6-19(20)24-33-21-7-5-17(26(28,29)30)11-22(21)34-24)16-12-31-25(32-13-16)37-18-3-1-2-14(8-18)9-23(35)36/h1-8,10-13H,9H2,(H,33,34)(H,35,36). The van der Waals surface area contributed by atoms with Gasteiger partial charge >= 0.3 is 18.2 Å². The second kappa shape index (κ2) is 9.34. The van der Waals surface area contributed by atoms with E-state index in [4.69, 9.17) is 9.84 Å². The monoisotopic (exact) mass is 508 g/mol. The van der Waals surface area contributed by atoms with E-state index in [1.165, 1.54) is 30.6 Å². The summed E-state index contributed by atoms with van der Waals surface area (Å²) in [6, 6.07) is 14.0. The van der Waals surface area contributed by atoms with Crippen molar-refractivity contribution in [2.24, 2.45) is 0 Å². The molecule has 0 aliphatic heterocycles. The van der Waals surface area contributed by atoms with Crippen LogP contribution in [-0.4, -0.2) is 31.0 Å². The van der Waals surface area contributed by atoms with E-state index in [9.17, 15) is 22.4 Å². The number of rotatable bonds is 6. The van der Waals surface area contributed by atoms with Gasteiger partial charge < -0.3 is 14.8 Å². The van der Waals surface area contributed by atoms with Crippen LogP contribution >= 0.6 is 0 Å². The predicted octanol–water partition coefficient (Wildman–Crippen LogP) is 6.26. The largest absolute Gasteiger partial charge is 0.481 e. The van der Waals surface area contributed by atoms with Gasteiger partial charge in [0.15, 0.2) is 0 Å². The van der Waals surface area contributed by atoms with Crippen LogP contribution in [0.4, 0.5) is 17.6 Å². The van der Waals surface area contributed by atoms with Crippen LogP contribution in [0.15, 0.2) is 73.1 Å². The molecular formula is C26H16F4N4O3. The highest BCUT2D eigenvalue weighted by atomic mass is 19.4. The Morgan fingerprint density at radius 2 is 1.76 bits per heavy atom. The number of ether oxygens (including phenoxy) is 1. The van der Waals surface area contributed by atoms with Crippen molar-refractivity contribution in [1.82, 2.24) is 19.9 Å². The number of imidazole rings is 1. The molecule has 5 aromatic rings. The second-order valence-electron chi connectivity index (χ2n) is 8.08. The van der Waals surface area contributed by atoms with Gasteiger partial charge in [0.1, 0.15) is 17.4 Å². The molecule has 0 bridgehead atoms. The van der Waals surface area contributed by atoms with Crippen LogP contribution in [0.25, 0.3) is 33.5 Å². The molecule has 0 amide bonds. The van der Waals surface area contributed by atoms with Gasteiger partial charge in [-0.15, -0.1) is 0 Å². The number of H-pyrrole nitrogens is 1. The number of carboxylic acid groups (broad SMARTS) is 1. The molecule has 0 unspecified atom stereocenters. The molecule has 3 aromatic carbocycles. The normalized spacial score (nSPS) is 11.6. The summed E-state index contributed by atoms with van der Waals surface area (Å²) in [6.45, 7) is 0. The molecule has 0 radical (unpaired) electrons. The lowest BCUT2D eigenvalue weighted by Crippen LogP contribution is -2.04. The van der Waals surface area contributed by atoms with Crippen LogP contribution < -0.4 is 4.74 Å². The van der Waals surface area contributed by atoms with Crippen molar-refractivity contribution in [2.75, 3.05) is 0 Å². The first kappa shape index (κ1) is 23.9. The minimum Gasteiger partial charge on any atom is -0.481 e. The van der Waals surface area contributed by atoms with Crippen molar-refractivity contribution >= 4 is 17.0 Å². The van der Waals surface area contributed by atoms with Gasteiger partial charge in [-0.3, -0.25) is 4.79 Å². The third-order valence-corrected chi connectivity index (χ3v) is 5.46. The average molecular weight is 508 g/mol. The zero-order chi connectivity index (χ0) is 26.2. The zero-order valence-corrected chi connectivity index (χ0v) is 18.8. The van der Waals surface area contributed by atoms with Crippen LogP contribution in [0.5, 0.6) is 11.8 Å². The molecule has 0 saturated carbocycles. The van der Waals surface area contributed by atoms with Crippen LogP contribution in [0.2, 0.25) is 0 Å². The van der Waals surface area contributed by atoms with E-state index in [-0.39, 0.29) is 34.9 Å². The summed E-state index contributed by atoms with van der Waals surface area (Å²) in [5.74, 6) is -1.13. The van der Waals surface area contributed by atoms with E-state index >= 15 is 0 Å². The Hall–Kier alpha value is -4.80. The molecule has 0 fully saturated rings. The first-order valence-corrected chi connectivity index (χ1v) is 10.8. The van der Waals surface area contributed by atoms with Crippen LogP contribution in [-0.2, 0) is 17.4 Å². The van der Waals surface area contributed by atoms with Gasteiger partial charge in [-0.1, -0.05) is 18.2 Å². The molecule has 0 saturated heterocycles. The van der Waals surface area contributed by atoms with E-state index in [0.717, 1.165) is 12.1 Å².